The van der Waals surface area contributed by atoms with E-state index in [1.807, 2.05) is 24.3 Å². The van der Waals surface area contributed by atoms with Gasteiger partial charge in [0.2, 0.25) is 0 Å². The Morgan fingerprint density at radius 3 is 2.45 bits per heavy atom. The van der Waals surface area contributed by atoms with E-state index in [-0.39, 0.29) is 0 Å². The number of ether oxygens (including phenoxy) is 1. The normalized spacial score (nSPS) is 17.3. The van der Waals surface area contributed by atoms with Crippen molar-refractivity contribution in [2.75, 3.05) is 6.54 Å². The van der Waals surface area contributed by atoms with Crippen molar-refractivity contribution in [1.29, 1.82) is 0 Å². The molecule has 0 radical (unpaired) electrons. The lowest BCUT2D eigenvalue weighted by molar-refractivity contribution is -0.158. The van der Waals surface area contributed by atoms with Gasteiger partial charge in [0.05, 0.1) is 11.6 Å². The predicted molar refractivity (Wildman–Crippen MR) is 108 cm³/mol. The number of H-pyrrole nitrogens is 1. The second-order valence-electron chi connectivity index (χ2n) is 7.62. The minimum Gasteiger partial charge on any atom is -0.453 e. The molecular weight excluding hydrogens is 409 g/mol. The summed E-state index contributed by atoms with van der Waals surface area (Å²) in [5, 5.41) is 1.02. The summed E-state index contributed by atoms with van der Waals surface area (Å²) in [6, 6.07) is 11.9. The van der Waals surface area contributed by atoms with Crippen molar-refractivity contribution in [1.82, 2.24) is 9.88 Å². The van der Waals surface area contributed by atoms with Crippen molar-refractivity contribution in [3.8, 4) is 0 Å². The maximum atomic E-state index is 13.1. The molecule has 0 bridgehead atoms. The van der Waals surface area contributed by atoms with Crippen LogP contribution in [-0.4, -0.2) is 34.4 Å². The number of halogens is 3. The van der Waals surface area contributed by atoms with E-state index >= 15 is 0 Å². The predicted octanol–water partition coefficient (Wildman–Crippen LogP) is 4.61. The summed E-state index contributed by atoms with van der Waals surface area (Å²) in [6.07, 6.45) is -4.87. The van der Waals surface area contributed by atoms with Crippen molar-refractivity contribution in [3.63, 3.8) is 0 Å². The molecular formula is C23H21F3N2O3. The number of amides is 1. The van der Waals surface area contributed by atoms with Crippen LogP contribution in [0.1, 0.15) is 42.3 Å². The number of esters is 1. The molecule has 0 saturated carbocycles. The molecule has 0 spiro atoms. The standard InChI is InChI=1S/C23H21F3N2O3/c1-13(31-14(2)29)22(30)28-12-11-18-17-5-3-4-6-19(17)27-20(18)21(28)15-7-9-16(10-8-15)23(24,25)26/h3-10,13,21,27H,11-12H2,1-2H3/t13-,21?/m0/s1. The summed E-state index contributed by atoms with van der Waals surface area (Å²) in [6.45, 7) is 3.07. The first kappa shape index (κ1) is 21.0. The van der Waals surface area contributed by atoms with Gasteiger partial charge >= 0.3 is 12.1 Å². The zero-order chi connectivity index (χ0) is 22.3. The molecule has 1 amide bonds. The van der Waals surface area contributed by atoms with Crippen LogP contribution in [-0.2, 0) is 26.9 Å². The minimum atomic E-state index is -4.45. The highest BCUT2D eigenvalue weighted by atomic mass is 19.4. The zero-order valence-electron chi connectivity index (χ0n) is 17.0. The van der Waals surface area contributed by atoms with E-state index in [4.69, 9.17) is 4.74 Å². The van der Waals surface area contributed by atoms with Crippen molar-refractivity contribution in [3.05, 3.63) is 70.9 Å². The summed E-state index contributed by atoms with van der Waals surface area (Å²) in [4.78, 5) is 29.4. The lowest BCUT2D eigenvalue weighted by Crippen LogP contribution is -2.45. The van der Waals surface area contributed by atoms with Gasteiger partial charge in [-0.2, -0.15) is 13.2 Å². The first-order valence-electron chi connectivity index (χ1n) is 9.91. The monoisotopic (exact) mass is 430 g/mol. The Morgan fingerprint density at radius 1 is 1.13 bits per heavy atom. The Bertz CT molecular complexity index is 1140. The number of hydrogen-bond donors (Lipinski definition) is 1. The molecule has 0 saturated heterocycles. The summed E-state index contributed by atoms with van der Waals surface area (Å²) in [7, 11) is 0. The van der Waals surface area contributed by atoms with E-state index in [9.17, 15) is 22.8 Å². The molecule has 1 aliphatic rings. The van der Waals surface area contributed by atoms with Crippen LogP contribution in [0, 0.1) is 0 Å². The number of nitrogens with one attached hydrogen (secondary N) is 1. The van der Waals surface area contributed by atoms with Gasteiger partial charge in [-0.1, -0.05) is 30.3 Å². The average molecular weight is 430 g/mol. The van der Waals surface area contributed by atoms with Crippen molar-refractivity contribution < 1.29 is 27.5 Å². The van der Waals surface area contributed by atoms with Crippen LogP contribution in [0.2, 0.25) is 0 Å². The van der Waals surface area contributed by atoms with Gasteiger partial charge < -0.3 is 14.6 Å². The molecule has 4 rings (SSSR count). The molecule has 2 atom stereocenters. The first-order chi connectivity index (χ1) is 14.7. The maximum Gasteiger partial charge on any atom is 0.416 e. The fourth-order valence-corrected chi connectivity index (χ4v) is 4.21. The number of carbonyl (C=O) groups excluding carboxylic acids is 2. The maximum absolute atomic E-state index is 13.1. The first-order valence-corrected chi connectivity index (χ1v) is 9.91. The van der Waals surface area contributed by atoms with Crippen LogP contribution in [0.4, 0.5) is 13.2 Å². The zero-order valence-corrected chi connectivity index (χ0v) is 17.0. The quantitative estimate of drug-likeness (QED) is 0.617. The number of fused-ring (bicyclic) bond motifs is 3. The topological polar surface area (TPSA) is 62.4 Å². The molecule has 2 aromatic carbocycles. The summed E-state index contributed by atoms with van der Waals surface area (Å²) in [5.74, 6) is -0.973. The van der Waals surface area contributed by atoms with E-state index in [1.54, 1.807) is 4.90 Å². The fourth-order valence-electron chi connectivity index (χ4n) is 4.21. The number of aromatic amines is 1. The largest absolute Gasteiger partial charge is 0.453 e. The van der Waals surface area contributed by atoms with Crippen LogP contribution in [0.25, 0.3) is 10.9 Å². The molecule has 162 valence electrons. The third kappa shape index (κ3) is 3.89. The summed E-state index contributed by atoms with van der Waals surface area (Å²) in [5.41, 5.74) is 2.48. The summed E-state index contributed by atoms with van der Waals surface area (Å²) >= 11 is 0. The van der Waals surface area contributed by atoms with Crippen LogP contribution in [0.5, 0.6) is 0 Å². The Labute approximate surface area is 176 Å². The molecule has 2 heterocycles. The molecule has 31 heavy (non-hydrogen) atoms. The SMILES string of the molecule is CC(=O)O[C@@H](C)C(=O)N1CCc2c([nH]c3ccccc23)C1c1ccc(C(F)(F)F)cc1. The Hall–Kier alpha value is -3.29. The van der Waals surface area contributed by atoms with Gasteiger partial charge in [-0.05, 0) is 42.7 Å². The van der Waals surface area contributed by atoms with Gasteiger partial charge in [0.25, 0.3) is 5.91 Å². The number of carbonyl (C=O) groups is 2. The molecule has 0 fully saturated rings. The third-order valence-corrected chi connectivity index (χ3v) is 5.56. The van der Waals surface area contributed by atoms with Crippen molar-refractivity contribution in [2.45, 2.75) is 38.6 Å². The summed E-state index contributed by atoms with van der Waals surface area (Å²) < 4.78 is 44.2. The Balaban J connectivity index is 1.81. The van der Waals surface area contributed by atoms with Crippen molar-refractivity contribution >= 4 is 22.8 Å². The second-order valence-corrected chi connectivity index (χ2v) is 7.62. The number of nitrogens with zero attached hydrogens (tertiary/aromatic N) is 1. The number of hydrogen-bond acceptors (Lipinski definition) is 3. The van der Waals surface area contributed by atoms with E-state index in [2.05, 4.69) is 4.98 Å². The number of benzene rings is 2. The Kier molecular flexibility index (Phi) is 5.24. The lowest BCUT2D eigenvalue weighted by atomic mass is 9.91. The van der Waals surface area contributed by atoms with E-state index in [0.29, 0.717) is 18.5 Å². The van der Waals surface area contributed by atoms with Crippen LogP contribution >= 0.6 is 0 Å². The molecule has 1 unspecified atom stereocenters. The molecule has 3 aromatic rings. The highest BCUT2D eigenvalue weighted by molar-refractivity contribution is 5.88. The smallest absolute Gasteiger partial charge is 0.416 e. The highest BCUT2D eigenvalue weighted by Crippen LogP contribution is 2.39. The van der Waals surface area contributed by atoms with E-state index in [0.717, 1.165) is 34.3 Å². The van der Waals surface area contributed by atoms with E-state index in [1.165, 1.54) is 26.0 Å². The fraction of sp³-hybridized carbons (Fsp3) is 0.304. The number of alkyl halides is 3. The van der Waals surface area contributed by atoms with Gasteiger partial charge in [-0.15, -0.1) is 0 Å². The van der Waals surface area contributed by atoms with Crippen LogP contribution in [0.3, 0.4) is 0 Å². The minimum absolute atomic E-state index is 0.352. The van der Waals surface area contributed by atoms with Gasteiger partial charge in [0.15, 0.2) is 6.10 Å². The number of aromatic nitrogens is 1. The van der Waals surface area contributed by atoms with Crippen LogP contribution < -0.4 is 0 Å². The molecule has 1 N–H and O–H groups in total. The van der Waals surface area contributed by atoms with Gasteiger partial charge in [0.1, 0.15) is 0 Å². The lowest BCUT2D eigenvalue weighted by Gasteiger charge is -2.37. The van der Waals surface area contributed by atoms with E-state index < -0.39 is 35.8 Å². The molecule has 1 aliphatic heterocycles. The second kappa shape index (κ2) is 7.76. The van der Waals surface area contributed by atoms with Gasteiger partial charge in [-0.3, -0.25) is 9.59 Å². The molecule has 1 aromatic heterocycles. The average Bonchev–Trinajstić information content (AvgIpc) is 3.10. The number of para-hydroxylation sites is 1. The third-order valence-electron chi connectivity index (χ3n) is 5.56. The van der Waals surface area contributed by atoms with Crippen LogP contribution in [0.15, 0.2) is 48.5 Å². The highest BCUT2D eigenvalue weighted by Gasteiger charge is 2.37. The van der Waals surface area contributed by atoms with Gasteiger partial charge in [0, 0.05) is 30.1 Å². The van der Waals surface area contributed by atoms with Gasteiger partial charge in [-0.25, -0.2) is 0 Å². The Morgan fingerprint density at radius 2 is 1.81 bits per heavy atom. The molecule has 5 nitrogen and oxygen atoms in total. The molecule has 0 aliphatic carbocycles. The van der Waals surface area contributed by atoms with Crippen molar-refractivity contribution in [2.24, 2.45) is 0 Å². The molecule has 8 heteroatoms. The number of rotatable bonds is 3.